The van der Waals surface area contributed by atoms with Crippen molar-refractivity contribution >= 4 is 23.2 Å². The summed E-state index contributed by atoms with van der Waals surface area (Å²) in [5.74, 6) is 0. The Bertz CT molecular complexity index is 239. The van der Waals surface area contributed by atoms with Crippen LogP contribution in [0.15, 0.2) is 0 Å². The van der Waals surface area contributed by atoms with Gasteiger partial charge in [0.1, 0.15) is 0 Å². The Balaban J connectivity index is 2.42. The molecule has 3 N–H and O–H groups in total. The van der Waals surface area contributed by atoms with Crippen molar-refractivity contribution in [2.45, 2.75) is 38.6 Å². The first-order chi connectivity index (χ1) is 7.15. The molecule has 1 aliphatic heterocycles. The van der Waals surface area contributed by atoms with Crippen LogP contribution in [0.5, 0.6) is 0 Å². The van der Waals surface area contributed by atoms with Gasteiger partial charge < -0.3 is 16.0 Å². The topological polar surface area (TPSA) is 58.4 Å². The number of nitrogens with two attached hydrogens (primary N) is 1. The minimum atomic E-state index is -0.172. The molecule has 1 rings (SSSR count). The number of piperidine rings is 1. The average molecular weight is 229 g/mol. The maximum Gasteiger partial charge on any atom is 0.317 e. The summed E-state index contributed by atoms with van der Waals surface area (Å²) in [5.41, 5.74) is 5.52. The van der Waals surface area contributed by atoms with Crippen molar-refractivity contribution in [3.05, 3.63) is 0 Å². The van der Waals surface area contributed by atoms with Gasteiger partial charge in [-0.15, -0.1) is 0 Å². The smallest absolute Gasteiger partial charge is 0.317 e. The van der Waals surface area contributed by atoms with E-state index >= 15 is 0 Å². The van der Waals surface area contributed by atoms with Gasteiger partial charge in [0.05, 0.1) is 11.0 Å². The van der Waals surface area contributed by atoms with Crippen LogP contribution in [0.1, 0.15) is 32.6 Å². The second-order valence-corrected chi connectivity index (χ2v) is 4.33. The number of likely N-dealkylation sites (tertiary alicyclic amines) is 1. The Morgan fingerprint density at radius 2 is 2.07 bits per heavy atom. The molecule has 1 atom stereocenters. The predicted molar refractivity (Wildman–Crippen MR) is 64.8 cm³/mol. The first-order valence-electron chi connectivity index (χ1n) is 5.50. The standard InChI is InChI=1S/C10H19N3OS/c1-2-8(9(11)15)12-10(14)13-6-4-3-5-7-13/h8H,2-7H2,1H3,(H2,11,15)(H,12,14). The van der Waals surface area contributed by atoms with Gasteiger partial charge in [-0.25, -0.2) is 4.79 Å². The molecular formula is C10H19N3OS. The Kier molecular flexibility index (Phi) is 4.81. The van der Waals surface area contributed by atoms with Gasteiger partial charge in [-0.05, 0) is 25.7 Å². The van der Waals surface area contributed by atoms with Crippen LogP contribution in [0.4, 0.5) is 4.79 Å². The van der Waals surface area contributed by atoms with E-state index in [-0.39, 0.29) is 12.1 Å². The van der Waals surface area contributed by atoms with E-state index in [0.29, 0.717) is 4.99 Å². The van der Waals surface area contributed by atoms with Gasteiger partial charge in [0.25, 0.3) is 0 Å². The quantitative estimate of drug-likeness (QED) is 0.716. The molecule has 1 unspecified atom stereocenters. The summed E-state index contributed by atoms with van der Waals surface area (Å²) in [7, 11) is 0. The molecule has 15 heavy (non-hydrogen) atoms. The number of carbonyl (C=O) groups excluding carboxylic acids is 1. The van der Waals surface area contributed by atoms with Crippen molar-refractivity contribution in [3.8, 4) is 0 Å². The number of amides is 2. The Labute approximate surface area is 96.2 Å². The molecule has 1 fully saturated rings. The molecule has 0 bridgehead atoms. The van der Waals surface area contributed by atoms with Gasteiger partial charge in [0.2, 0.25) is 0 Å². The summed E-state index contributed by atoms with van der Waals surface area (Å²) < 4.78 is 0. The highest BCUT2D eigenvalue weighted by Crippen LogP contribution is 2.08. The maximum absolute atomic E-state index is 11.8. The largest absolute Gasteiger partial charge is 0.392 e. The number of hydrogen-bond donors (Lipinski definition) is 2. The van der Waals surface area contributed by atoms with Crippen LogP contribution < -0.4 is 11.1 Å². The minimum Gasteiger partial charge on any atom is -0.392 e. The summed E-state index contributed by atoms with van der Waals surface area (Å²) in [6.07, 6.45) is 4.15. The lowest BCUT2D eigenvalue weighted by molar-refractivity contribution is 0.185. The average Bonchev–Trinajstić information content (AvgIpc) is 2.26. The summed E-state index contributed by atoms with van der Waals surface area (Å²) in [5, 5.41) is 2.86. The lowest BCUT2D eigenvalue weighted by Gasteiger charge is -2.28. The van der Waals surface area contributed by atoms with Crippen molar-refractivity contribution < 1.29 is 4.79 Å². The lowest BCUT2D eigenvalue weighted by Crippen LogP contribution is -2.50. The molecule has 5 heteroatoms. The van der Waals surface area contributed by atoms with E-state index in [1.54, 1.807) is 0 Å². The number of nitrogens with zero attached hydrogens (tertiary/aromatic N) is 1. The van der Waals surface area contributed by atoms with Crippen molar-refractivity contribution in [2.75, 3.05) is 13.1 Å². The van der Waals surface area contributed by atoms with Crippen LogP contribution >= 0.6 is 12.2 Å². The van der Waals surface area contributed by atoms with Gasteiger partial charge in [0.15, 0.2) is 0 Å². The van der Waals surface area contributed by atoms with Crippen LogP contribution in [0.3, 0.4) is 0 Å². The highest BCUT2D eigenvalue weighted by Gasteiger charge is 2.19. The van der Waals surface area contributed by atoms with Gasteiger partial charge in [0, 0.05) is 13.1 Å². The summed E-state index contributed by atoms with van der Waals surface area (Å²) in [6.45, 7) is 3.65. The van der Waals surface area contributed by atoms with Crippen LogP contribution in [0.2, 0.25) is 0 Å². The van der Waals surface area contributed by atoms with Crippen LogP contribution in [0.25, 0.3) is 0 Å². The van der Waals surface area contributed by atoms with Gasteiger partial charge in [-0.2, -0.15) is 0 Å². The number of carbonyl (C=O) groups is 1. The molecule has 2 amide bonds. The molecule has 1 heterocycles. The monoisotopic (exact) mass is 229 g/mol. The zero-order valence-corrected chi connectivity index (χ0v) is 9.98. The predicted octanol–water partition coefficient (Wildman–Crippen LogP) is 1.25. The Hall–Kier alpha value is -0.840. The van der Waals surface area contributed by atoms with Crippen molar-refractivity contribution in [3.63, 3.8) is 0 Å². The number of thiocarbonyl (C=S) groups is 1. The summed E-state index contributed by atoms with van der Waals surface area (Å²) in [6, 6.07) is -0.205. The fraction of sp³-hybridized carbons (Fsp3) is 0.800. The van der Waals surface area contributed by atoms with E-state index in [1.165, 1.54) is 6.42 Å². The van der Waals surface area contributed by atoms with Crippen molar-refractivity contribution in [2.24, 2.45) is 5.73 Å². The zero-order chi connectivity index (χ0) is 11.3. The molecule has 0 saturated carbocycles. The molecule has 0 aromatic rings. The molecule has 4 nitrogen and oxygen atoms in total. The molecule has 1 aliphatic rings. The summed E-state index contributed by atoms with van der Waals surface area (Å²) in [4.78, 5) is 14.0. The minimum absolute atomic E-state index is 0.0330. The third-order valence-corrected chi connectivity index (χ3v) is 2.98. The maximum atomic E-state index is 11.8. The van der Waals surface area contributed by atoms with Gasteiger partial charge >= 0.3 is 6.03 Å². The molecule has 1 saturated heterocycles. The highest BCUT2D eigenvalue weighted by atomic mass is 32.1. The SMILES string of the molecule is CCC(NC(=O)N1CCCCC1)C(N)=S. The van der Waals surface area contributed by atoms with Crippen molar-refractivity contribution in [1.29, 1.82) is 0 Å². The van der Waals surface area contributed by atoms with E-state index in [0.717, 1.165) is 32.4 Å². The fourth-order valence-electron chi connectivity index (χ4n) is 1.71. The molecule has 86 valence electrons. The number of rotatable bonds is 3. The molecule has 0 aromatic heterocycles. The van der Waals surface area contributed by atoms with E-state index in [2.05, 4.69) is 5.32 Å². The zero-order valence-electron chi connectivity index (χ0n) is 9.16. The number of nitrogens with one attached hydrogen (secondary N) is 1. The third-order valence-electron chi connectivity index (χ3n) is 2.69. The highest BCUT2D eigenvalue weighted by molar-refractivity contribution is 7.80. The van der Waals surface area contributed by atoms with E-state index in [1.807, 2.05) is 11.8 Å². The van der Waals surface area contributed by atoms with Crippen LogP contribution in [0, 0.1) is 0 Å². The van der Waals surface area contributed by atoms with Crippen LogP contribution in [-0.2, 0) is 0 Å². The second kappa shape index (κ2) is 5.90. The second-order valence-electron chi connectivity index (χ2n) is 3.86. The molecule has 0 radical (unpaired) electrons. The van der Waals surface area contributed by atoms with E-state index in [4.69, 9.17) is 18.0 Å². The molecule has 0 aliphatic carbocycles. The van der Waals surface area contributed by atoms with E-state index in [9.17, 15) is 4.79 Å². The lowest BCUT2D eigenvalue weighted by atomic mass is 10.1. The molecule has 0 spiro atoms. The first kappa shape index (κ1) is 12.2. The van der Waals surface area contributed by atoms with Crippen molar-refractivity contribution in [1.82, 2.24) is 10.2 Å². The Morgan fingerprint density at radius 3 is 2.53 bits per heavy atom. The molecule has 0 aromatic carbocycles. The number of urea groups is 1. The number of hydrogen-bond acceptors (Lipinski definition) is 2. The normalized spacial score (nSPS) is 18.3. The van der Waals surface area contributed by atoms with E-state index < -0.39 is 0 Å². The Morgan fingerprint density at radius 1 is 1.47 bits per heavy atom. The molecular weight excluding hydrogens is 210 g/mol. The summed E-state index contributed by atoms with van der Waals surface area (Å²) >= 11 is 4.88. The fourth-order valence-corrected chi connectivity index (χ4v) is 1.94. The third kappa shape index (κ3) is 3.66. The van der Waals surface area contributed by atoms with Gasteiger partial charge in [-0.3, -0.25) is 0 Å². The van der Waals surface area contributed by atoms with Crippen LogP contribution in [-0.4, -0.2) is 35.1 Å². The van der Waals surface area contributed by atoms with Gasteiger partial charge in [-0.1, -0.05) is 19.1 Å². The first-order valence-corrected chi connectivity index (χ1v) is 5.90.